The first-order chi connectivity index (χ1) is 10.3. The molecule has 0 spiro atoms. The Hall–Kier alpha value is -2.20. The zero-order chi connectivity index (χ0) is 14.5. The average molecular weight is 285 g/mol. The van der Waals surface area contributed by atoms with Crippen molar-refractivity contribution in [3.63, 3.8) is 0 Å². The zero-order valence-corrected chi connectivity index (χ0v) is 11.7. The van der Waals surface area contributed by atoms with Crippen molar-refractivity contribution in [3.8, 4) is 0 Å². The largest absolute Gasteiger partial charge is 0.386 e. The van der Waals surface area contributed by atoms with Gasteiger partial charge in [-0.1, -0.05) is 47.6 Å². The van der Waals surface area contributed by atoms with E-state index in [4.69, 9.17) is 4.84 Å². The Kier molecular flexibility index (Phi) is 4.26. The number of quaternary nitrogens is 1. The highest BCUT2D eigenvalue weighted by molar-refractivity contribution is 6.01. The Labute approximate surface area is 123 Å². The van der Waals surface area contributed by atoms with Crippen LogP contribution in [-0.4, -0.2) is 18.4 Å². The third-order valence-electron chi connectivity index (χ3n) is 3.54. The molecule has 1 aliphatic heterocycles. The molecule has 2 aromatic rings. The molecule has 3 rings (SSSR count). The second kappa shape index (κ2) is 6.50. The fourth-order valence-corrected chi connectivity index (χ4v) is 2.46. The molecule has 3 nitrogen and oxygen atoms in total. The summed E-state index contributed by atoms with van der Waals surface area (Å²) in [4.78, 5) is 5.46. The molecule has 1 heterocycles. The van der Waals surface area contributed by atoms with Gasteiger partial charge in [0.05, 0.1) is 5.71 Å². The van der Waals surface area contributed by atoms with Crippen LogP contribution in [0.5, 0.6) is 0 Å². The maximum atomic E-state index is 13.1. The summed E-state index contributed by atoms with van der Waals surface area (Å²) in [5, 5.41) is 6.29. The van der Waals surface area contributed by atoms with Crippen LogP contribution in [0, 0.1) is 5.82 Å². The van der Waals surface area contributed by atoms with Gasteiger partial charge in [-0.15, -0.1) is 0 Å². The van der Waals surface area contributed by atoms with Gasteiger partial charge < -0.3 is 10.2 Å². The predicted octanol–water partition coefficient (Wildman–Crippen LogP) is 2.08. The minimum Gasteiger partial charge on any atom is -0.386 e. The van der Waals surface area contributed by atoms with Crippen LogP contribution in [-0.2, 0) is 11.4 Å². The van der Waals surface area contributed by atoms with E-state index in [9.17, 15) is 4.39 Å². The molecule has 2 aromatic carbocycles. The Morgan fingerprint density at radius 1 is 1.14 bits per heavy atom. The number of rotatable bonds is 5. The maximum Gasteiger partial charge on any atom is 0.181 e. The molecule has 0 fully saturated rings. The number of hydrogen-bond donors (Lipinski definition) is 1. The fraction of sp³-hybridized carbons (Fsp3) is 0.235. The molecule has 2 N–H and O–H groups in total. The van der Waals surface area contributed by atoms with Crippen molar-refractivity contribution in [2.24, 2.45) is 5.16 Å². The summed E-state index contributed by atoms with van der Waals surface area (Å²) in [5.41, 5.74) is 3.10. The Morgan fingerprint density at radius 3 is 2.81 bits per heavy atom. The van der Waals surface area contributed by atoms with E-state index >= 15 is 0 Å². The smallest absolute Gasteiger partial charge is 0.181 e. The second-order valence-electron chi connectivity index (χ2n) is 5.19. The predicted molar refractivity (Wildman–Crippen MR) is 79.4 cm³/mol. The molecular weight excluding hydrogens is 267 g/mol. The first-order valence-electron chi connectivity index (χ1n) is 7.15. The first kappa shape index (κ1) is 13.8. The van der Waals surface area contributed by atoms with Gasteiger partial charge in [0.25, 0.3) is 0 Å². The topological polar surface area (TPSA) is 38.2 Å². The molecule has 0 amide bonds. The average Bonchev–Trinajstić information content (AvgIpc) is 2.97. The highest BCUT2D eigenvalue weighted by Crippen LogP contribution is 2.15. The van der Waals surface area contributed by atoms with Crippen molar-refractivity contribution in [1.29, 1.82) is 0 Å². The van der Waals surface area contributed by atoms with Crippen molar-refractivity contribution in [2.45, 2.75) is 19.1 Å². The van der Waals surface area contributed by atoms with Gasteiger partial charge in [-0.25, -0.2) is 4.39 Å². The fourth-order valence-electron chi connectivity index (χ4n) is 2.46. The number of hydrogen-bond acceptors (Lipinski definition) is 2. The molecule has 1 aliphatic rings. The molecule has 0 radical (unpaired) electrons. The number of benzene rings is 2. The highest BCUT2D eigenvalue weighted by Gasteiger charge is 2.23. The summed E-state index contributed by atoms with van der Waals surface area (Å²) in [6.07, 6.45) is 0.915. The third kappa shape index (κ3) is 3.67. The number of halogens is 1. The molecule has 4 heteroatoms. The van der Waals surface area contributed by atoms with Crippen LogP contribution in [0.1, 0.15) is 17.5 Å². The summed E-state index contributed by atoms with van der Waals surface area (Å²) in [6.45, 7) is 1.56. The third-order valence-corrected chi connectivity index (χ3v) is 3.54. The van der Waals surface area contributed by atoms with Crippen molar-refractivity contribution < 1.29 is 14.5 Å². The van der Waals surface area contributed by atoms with Crippen molar-refractivity contribution in [1.82, 2.24) is 0 Å². The second-order valence-corrected chi connectivity index (χ2v) is 5.19. The quantitative estimate of drug-likeness (QED) is 0.897. The molecule has 108 valence electrons. The van der Waals surface area contributed by atoms with Crippen LogP contribution in [0.3, 0.4) is 0 Å². The van der Waals surface area contributed by atoms with E-state index < -0.39 is 0 Å². The minimum atomic E-state index is -0.187. The van der Waals surface area contributed by atoms with Gasteiger partial charge in [-0.2, -0.15) is 0 Å². The lowest BCUT2D eigenvalue weighted by Gasteiger charge is -2.07. The molecule has 0 aromatic heterocycles. The van der Waals surface area contributed by atoms with Gasteiger partial charge in [-0.3, -0.25) is 0 Å². The molecule has 1 atom stereocenters. The molecule has 0 saturated carbocycles. The van der Waals surface area contributed by atoms with Crippen LogP contribution < -0.4 is 5.32 Å². The number of nitrogens with zero attached hydrogens (tertiary/aromatic N) is 1. The van der Waals surface area contributed by atoms with E-state index in [0.29, 0.717) is 0 Å². The number of oxime groups is 1. The Balaban J connectivity index is 1.46. The Morgan fingerprint density at radius 2 is 2.00 bits per heavy atom. The van der Waals surface area contributed by atoms with E-state index in [0.717, 1.165) is 36.3 Å². The van der Waals surface area contributed by atoms with Crippen LogP contribution in [0.4, 0.5) is 4.39 Å². The molecular formula is C17H18FN2O+. The van der Waals surface area contributed by atoms with Gasteiger partial charge in [-0.05, 0) is 17.7 Å². The van der Waals surface area contributed by atoms with Crippen LogP contribution in [0.25, 0.3) is 0 Å². The van der Waals surface area contributed by atoms with Gasteiger partial charge >= 0.3 is 0 Å². The zero-order valence-electron chi connectivity index (χ0n) is 11.7. The van der Waals surface area contributed by atoms with Crippen LogP contribution in [0.2, 0.25) is 0 Å². The van der Waals surface area contributed by atoms with Crippen molar-refractivity contribution >= 4 is 5.71 Å². The van der Waals surface area contributed by atoms with Gasteiger partial charge in [0, 0.05) is 12.0 Å². The molecule has 0 saturated heterocycles. The van der Waals surface area contributed by atoms with E-state index in [2.05, 4.69) is 10.5 Å². The standard InChI is InChI=1S/C17H17FN2O/c18-15-8-4-5-13(9-15)11-19-12-16-10-17(20-21-16)14-6-2-1-3-7-14/h1-9,16,19H,10-12H2/p+1/t16-/m1/s1. The minimum absolute atomic E-state index is 0.0914. The molecule has 0 unspecified atom stereocenters. The van der Waals surface area contributed by atoms with Gasteiger partial charge in [0.1, 0.15) is 18.9 Å². The van der Waals surface area contributed by atoms with Crippen molar-refractivity contribution in [2.75, 3.05) is 6.54 Å². The van der Waals surface area contributed by atoms with Gasteiger partial charge in [0.2, 0.25) is 0 Å². The lowest BCUT2D eigenvalue weighted by atomic mass is 10.1. The van der Waals surface area contributed by atoms with Crippen LogP contribution in [0.15, 0.2) is 59.8 Å². The molecule has 21 heavy (non-hydrogen) atoms. The lowest BCUT2D eigenvalue weighted by Crippen LogP contribution is -2.84. The van der Waals surface area contributed by atoms with Crippen molar-refractivity contribution in [3.05, 3.63) is 71.5 Å². The Bertz CT molecular complexity index is 628. The highest BCUT2D eigenvalue weighted by atomic mass is 19.1. The van der Waals surface area contributed by atoms with Gasteiger partial charge in [0.15, 0.2) is 6.10 Å². The van der Waals surface area contributed by atoms with E-state index in [-0.39, 0.29) is 11.9 Å². The van der Waals surface area contributed by atoms with E-state index in [1.807, 2.05) is 36.4 Å². The van der Waals surface area contributed by atoms with E-state index in [1.165, 1.54) is 6.07 Å². The molecule has 0 aliphatic carbocycles. The normalized spacial score (nSPS) is 17.4. The van der Waals surface area contributed by atoms with E-state index in [1.54, 1.807) is 12.1 Å². The summed E-state index contributed by atoms with van der Waals surface area (Å²) in [6, 6.07) is 16.8. The molecule has 0 bridgehead atoms. The lowest BCUT2D eigenvalue weighted by molar-refractivity contribution is -0.676. The SMILES string of the molecule is Fc1cccc(C[NH2+]C[C@H]2CC(c3ccccc3)=NO2)c1. The maximum absolute atomic E-state index is 13.1. The first-order valence-corrected chi connectivity index (χ1v) is 7.15. The summed E-state index contributed by atoms with van der Waals surface area (Å²) in [5.74, 6) is -0.187. The summed E-state index contributed by atoms with van der Waals surface area (Å²) in [7, 11) is 0. The van der Waals surface area contributed by atoms with Crippen LogP contribution >= 0.6 is 0 Å². The summed E-state index contributed by atoms with van der Waals surface area (Å²) >= 11 is 0. The summed E-state index contributed by atoms with van der Waals surface area (Å²) < 4.78 is 13.1. The monoisotopic (exact) mass is 285 g/mol. The number of nitrogens with two attached hydrogens (primary N) is 1.